The number of fused-ring (bicyclic) bond motifs is 1. The van der Waals surface area contributed by atoms with Gasteiger partial charge in [0.2, 0.25) is 0 Å². The fourth-order valence-corrected chi connectivity index (χ4v) is 2.09. The number of rotatable bonds is 2. The van der Waals surface area contributed by atoms with Crippen molar-refractivity contribution in [2.24, 2.45) is 0 Å². The normalized spacial score (nSPS) is 27.0. The van der Waals surface area contributed by atoms with Crippen molar-refractivity contribution in [1.29, 1.82) is 0 Å². The average molecular weight is 229 g/mol. The van der Waals surface area contributed by atoms with Crippen LogP contribution in [0.3, 0.4) is 0 Å². The fourth-order valence-electron chi connectivity index (χ4n) is 2.09. The van der Waals surface area contributed by atoms with Crippen LogP contribution < -0.4 is 0 Å². The van der Waals surface area contributed by atoms with Crippen molar-refractivity contribution < 1.29 is 9.66 Å². The first-order chi connectivity index (χ1) is 8.11. The van der Waals surface area contributed by atoms with Crippen molar-refractivity contribution in [1.82, 2.24) is 0 Å². The molecule has 4 heteroatoms. The van der Waals surface area contributed by atoms with Gasteiger partial charge >= 0.3 is 5.72 Å². The molecule has 0 amide bonds. The second-order valence-corrected chi connectivity index (χ2v) is 4.42. The highest BCUT2D eigenvalue weighted by molar-refractivity contribution is 5.83. The molecule has 86 valence electrons. The van der Waals surface area contributed by atoms with Crippen LogP contribution in [-0.2, 0) is 4.74 Å². The van der Waals surface area contributed by atoms with Crippen LogP contribution >= 0.6 is 0 Å². The van der Waals surface area contributed by atoms with Gasteiger partial charge < -0.3 is 0 Å². The first-order valence-corrected chi connectivity index (χ1v) is 5.42. The zero-order chi connectivity index (χ0) is 12.0. The maximum atomic E-state index is 10.8. The van der Waals surface area contributed by atoms with E-state index >= 15 is 0 Å². The topological polar surface area (TPSA) is 55.7 Å². The number of epoxide rings is 1. The monoisotopic (exact) mass is 229 g/mol. The van der Waals surface area contributed by atoms with Gasteiger partial charge in [-0.3, -0.25) is 14.9 Å². The summed E-state index contributed by atoms with van der Waals surface area (Å²) in [5.74, 6) is 0. The van der Waals surface area contributed by atoms with Crippen molar-refractivity contribution in [3.05, 3.63) is 58.1 Å². The molecule has 0 bridgehead atoms. The number of hydrogen-bond acceptors (Lipinski definition) is 3. The predicted molar refractivity (Wildman–Crippen MR) is 63.2 cm³/mol. The van der Waals surface area contributed by atoms with Crippen LogP contribution in [0.25, 0.3) is 10.8 Å². The van der Waals surface area contributed by atoms with E-state index in [2.05, 4.69) is 0 Å². The molecule has 3 rings (SSSR count). The van der Waals surface area contributed by atoms with E-state index in [1.165, 1.54) is 6.92 Å². The average Bonchev–Trinajstić information content (AvgIpc) is 3.03. The Bertz CT molecular complexity index is 610. The molecular formula is C13H11NO3. The lowest BCUT2D eigenvalue weighted by Gasteiger charge is -2.01. The van der Waals surface area contributed by atoms with Gasteiger partial charge in [0.05, 0.1) is 4.92 Å². The van der Waals surface area contributed by atoms with Gasteiger partial charge in [-0.1, -0.05) is 36.4 Å². The van der Waals surface area contributed by atoms with Gasteiger partial charge in [-0.2, -0.15) is 0 Å². The summed E-state index contributed by atoms with van der Waals surface area (Å²) in [4.78, 5) is 10.4. The lowest BCUT2D eigenvalue weighted by Crippen LogP contribution is -2.19. The summed E-state index contributed by atoms with van der Waals surface area (Å²) in [6.45, 7) is 1.51. The maximum Gasteiger partial charge on any atom is 0.353 e. The molecule has 0 N–H and O–H groups in total. The van der Waals surface area contributed by atoms with Crippen molar-refractivity contribution in [2.45, 2.75) is 18.8 Å². The molecule has 2 aromatic carbocycles. The smallest absolute Gasteiger partial charge is 0.294 e. The Balaban J connectivity index is 2.01. The van der Waals surface area contributed by atoms with E-state index < -0.39 is 11.8 Å². The molecule has 4 nitrogen and oxygen atoms in total. The third-order valence-corrected chi connectivity index (χ3v) is 3.22. The quantitative estimate of drug-likeness (QED) is 0.452. The van der Waals surface area contributed by atoms with Crippen LogP contribution in [0.5, 0.6) is 0 Å². The Morgan fingerprint density at radius 1 is 1.24 bits per heavy atom. The number of nitrogens with zero attached hydrogens (tertiary/aromatic N) is 1. The minimum absolute atomic E-state index is 0.368. The van der Waals surface area contributed by atoms with E-state index in [1.807, 2.05) is 42.5 Å². The van der Waals surface area contributed by atoms with Crippen molar-refractivity contribution >= 4 is 10.8 Å². The molecule has 0 unspecified atom stereocenters. The molecule has 0 saturated carbocycles. The van der Waals surface area contributed by atoms with Crippen LogP contribution in [0.15, 0.2) is 42.5 Å². The maximum absolute atomic E-state index is 10.8. The van der Waals surface area contributed by atoms with E-state index in [0.29, 0.717) is 0 Å². The minimum Gasteiger partial charge on any atom is -0.294 e. The zero-order valence-corrected chi connectivity index (χ0v) is 9.29. The molecule has 1 fully saturated rings. The molecule has 0 radical (unpaired) electrons. The van der Waals surface area contributed by atoms with Gasteiger partial charge in [-0.25, -0.2) is 0 Å². The Hall–Kier alpha value is -1.94. The Kier molecular flexibility index (Phi) is 1.97. The number of hydrogen-bond donors (Lipinski definition) is 0. The first kappa shape index (κ1) is 10.2. The van der Waals surface area contributed by atoms with Gasteiger partial charge in [0.25, 0.3) is 0 Å². The van der Waals surface area contributed by atoms with Crippen molar-refractivity contribution in [3.63, 3.8) is 0 Å². The second-order valence-electron chi connectivity index (χ2n) is 4.42. The van der Waals surface area contributed by atoms with Gasteiger partial charge in [-0.05, 0) is 22.4 Å². The molecule has 2 atom stereocenters. The molecule has 0 spiro atoms. The second kappa shape index (κ2) is 3.28. The summed E-state index contributed by atoms with van der Waals surface area (Å²) < 4.78 is 5.20. The van der Waals surface area contributed by atoms with E-state index in [9.17, 15) is 10.1 Å². The molecule has 1 aliphatic rings. The van der Waals surface area contributed by atoms with Gasteiger partial charge in [0.1, 0.15) is 0 Å². The summed E-state index contributed by atoms with van der Waals surface area (Å²) in [5, 5.41) is 13.0. The SMILES string of the molecule is C[C@@]1([N+](=O)[O-])O[C@H]1c1ccc2ccccc2c1. The molecule has 2 aromatic rings. The standard InChI is InChI=1S/C13H11NO3/c1-13(14(15)16)12(17-13)11-7-6-9-4-2-3-5-10(9)8-11/h2-8,12H,1H3/t12-,13+/m0/s1. The molecule has 1 saturated heterocycles. The molecule has 1 heterocycles. The van der Waals surface area contributed by atoms with Crippen LogP contribution in [0.1, 0.15) is 18.6 Å². The largest absolute Gasteiger partial charge is 0.353 e. The van der Waals surface area contributed by atoms with E-state index in [1.54, 1.807) is 0 Å². The lowest BCUT2D eigenvalue weighted by molar-refractivity contribution is -0.558. The Labute approximate surface area is 98.0 Å². The molecule has 1 aliphatic heterocycles. The fraction of sp³-hybridized carbons (Fsp3) is 0.231. The van der Waals surface area contributed by atoms with E-state index in [-0.39, 0.29) is 4.92 Å². The third-order valence-electron chi connectivity index (χ3n) is 3.22. The highest BCUT2D eigenvalue weighted by Crippen LogP contribution is 2.49. The predicted octanol–water partition coefficient (Wildman–Crippen LogP) is 2.90. The Morgan fingerprint density at radius 2 is 1.94 bits per heavy atom. The molecule has 0 aliphatic carbocycles. The third kappa shape index (κ3) is 1.49. The van der Waals surface area contributed by atoms with Crippen LogP contribution in [-0.4, -0.2) is 10.6 Å². The van der Waals surface area contributed by atoms with Gasteiger partial charge in [-0.15, -0.1) is 0 Å². The number of benzene rings is 2. The summed E-state index contributed by atoms with van der Waals surface area (Å²) in [6.07, 6.45) is -0.429. The zero-order valence-electron chi connectivity index (χ0n) is 9.29. The summed E-state index contributed by atoms with van der Waals surface area (Å²) in [7, 11) is 0. The first-order valence-electron chi connectivity index (χ1n) is 5.42. The van der Waals surface area contributed by atoms with Crippen LogP contribution in [0.4, 0.5) is 0 Å². The Morgan fingerprint density at radius 3 is 2.59 bits per heavy atom. The van der Waals surface area contributed by atoms with E-state index in [4.69, 9.17) is 4.74 Å². The summed E-state index contributed by atoms with van der Waals surface area (Å²) >= 11 is 0. The molecular weight excluding hydrogens is 218 g/mol. The highest BCUT2D eigenvalue weighted by atomic mass is 16.7. The lowest BCUT2D eigenvalue weighted by atomic mass is 10.0. The molecule has 0 aromatic heterocycles. The summed E-state index contributed by atoms with van der Waals surface area (Å²) in [6, 6.07) is 13.7. The van der Waals surface area contributed by atoms with Crippen molar-refractivity contribution in [2.75, 3.05) is 0 Å². The molecule has 17 heavy (non-hydrogen) atoms. The minimum atomic E-state index is -1.25. The van der Waals surface area contributed by atoms with Crippen molar-refractivity contribution in [3.8, 4) is 0 Å². The number of ether oxygens (including phenoxy) is 1. The van der Waals surface area contributed by atoms with Gasteiger partial charge in [0.15, 0.2) is 6.10 Å². The summed E-state index contributed by atoms with van der Waals surface area (Å²) in [5.41, 5.74) is -0.384. The highest BCUT2D eigenvalue weighted by Gasteiger charge is 2.65. The van der Waals surface area contributed by atoms with Crippen LogP contribution in [0, 0.1) is 10.1 Å². The number of nitro groups is 1. The van der Waals surface area contributed by atoms with E-state index in [0.717, 1.165) is 16.3 Å². The van der Waals surface area contributed by atoms with Crippen LogP contribution in [0.2, 0.25) is 0 Å². The van der Waals surface area contributed by atoms with Gasteiger partial charge in [0, 0.05) is 6.92 Å².